The monoisotopic (exact) mass is 868 g/mol. The van der Waals surface area contributed by atoms with Crippen molar-refractivity contribution >= 4 is 100 Å². The topological polar surface area (TPSA) is 182 Å². The molecule has 7 rings (SSSR count). The number of hydrazine groups is 2. The standard InChI is InChI=1S/C38H28Cl4N6O6S2/c1-20-2-4-21(5-3-20)36(28-18-43-32-10-6-22(14-26(28)32)37(49)45-47-55(51,52)34-12-8-24(39)16-30(34)41)29-19-44-33-11-7-23(15-27(29)33)38(50)46-48-56(53,54)35-13-9-25(40)17-31(35)42/h2-19,36,43-44,47-48H,1H3,(H,45,49)(H,46,50). The fraction of sp³-hybridized carbons (Fsp3) is 0.0526. The van der Waals surface area contributed by atoms with Crippen LogP contribution in [-0.4, -0.2) is 38.6 Å². The fourth-order valence-corrected chi connectivity index (χ4v) is 9.42. The van der Waals surface area contributed by atoms with Crippen molar-refractivity contribution in [3.63, 3.8) is 0 Å². The number of sulfonamides is 2. The van der Waals surface area contributed by atoms with Gasteiger partial charge in [-0.05, 0) is 96.4 Å². The summed E-state index contributed by atoms with van der Waals surface area (Å²) in [7, 11) is -8.49. The van der Waals surface area contributed by atoms with Crippen molar-refractivity contribution in [3.8, 4) is 0 Å². The lowest BCUT2D eigenvalue weighted by Gasteiger charge is -2.18. The molecule has 0 aliphatic rings. The summed E-state index contributed by atoms with van der Waals surface area (Å²) in [6, 6.07) is 25.5. The smallest absolute Gasteiger partial charge is 0.266 e. The molecule has 286 valence electrons. The summed E-state index contributed by atoms with van der Waals surface area (Å²) in [5, 5.41) is 1.61. The summed E-state index contributed by atoms with van der Waals surface area (Å²) in [6.07, 6.45) is 3.66. The highest BCUT2D eigenvalue weighted by molar-refractivity contribution is 7.89. The second-order valence-corrected chi connectivity index (χ2v) is 17.6. The van der Waals surface area contributed by atoms with Crippen LogP contribution in [0.15, 0.2) is 119 Å². The molecule has 5 aromatic carbocycles. The number of carbonyl (C=O) groups is 2. The molecule has 0 radical (unpaired) electrons. The Hall–Kier alpha value is -4.90. The molecule has 12 nitrogen and oxygen atoms in total. The van der Waals surface area contributed by atoms with E-state index in [0.29, 0.717) is 21.8 Å². The van der Waals surface area contributed by atoms with Crippen LogP contribution in [-0.2, 0) is 20.0 Å². The van der Waals surface area contributed by atoms with E-state index in [0.717, 1.165) is 22.3 Å². The van der Waals surface area contributed by atoms with Gasteiger partial charge in [0, 0.05) is 61.3 Å². The van der Waals surface area contributed by atoms with Crippen LogP contribution in [0.5, 0.6) is 0 Å². The number of H-pyrrole nitrogens is 2. The van der Waals surface area contributed by atoms with Gasteiger partial charge in [0.1, 0.15) is 9.79 Å². The number of nitrogens with one attached hydrogen (secondary N) is 6. The summed E-state index contributed by atoms with van der Waals surface area (Å²) in [5.41, 5.74) is 9.70. The van der Waals surface area contributed by atoms with Crippen LogP contribution < -0.4 is 20.5 Å². The van der Waals surface area contributed by atoms with Crippen LogP contribution in [0.3, 0.4) is 0 Å². The molecule has 0 fully saturated rings. The molecule has 2 amide bonds. The summed E-state index contributed by atoms with van der Waals surface area (Å²) in [6.45, 7) is 1.97. The van der Waals surface area contributed by atoms with E-state index in [1.807, 2.05) is 43.6 Å². The highest BCUT2D eigenvalue weighted by atomic mass is 35.5. The van der Waals surface area contributed by atoms with E-state index in [9.17, 15) is 26.4 Å². The minimum Gasteiger partial charge on any atom is -0.361 e. The summed E-state index contributed by atoms with van der Waals surface area (Å²) in [4.78, 5) is 36.9. The van der Waals surface area contributed by atoms with Gasteiger partial charge in [-0.15, -0.1) is 9.66 Å². The second-order valence-electron chi connectivity index (χ2n) is 12.6. The third kappa shape index (κ3) is 8.01. The van der Waals surface area contributed by atoms with Crippen molar-refractivity contribution in [2.24, 2.45) is 0 Å². The molecule has 7 aromatic rings. The summed E-state index contributed by atoms with van der Waals surface area (Å²) >= 11 is 24.0. The predicted octanol–water partition coefficient (Wildman–Crippen LogP) is 8.00. The second kappa shape index (κ2) is 15.6. The molecule has 0 unspecified atom stereocenters. The number of hydrogen-bond acceptors (Lipinski definition) is 6. The molecule has 6 N–H and O–H groups in total. The van der Waals surface area contributed by atoms with Crippen LogP contribution in [0, 0.1) is 6.92 Å². The highest BCUT2D eigenvalue weighted by Gasteiger charge is 2.26. The Morgan fingerprint density at radius 1 is 0.571 bits per heavy atom. The normalized spacial score (nSPS) is 12.0. The Morgan fingerprint density at radius 3 is 1.41 bits per heavy atom. The lowest BCUT2D eigenvalue weighted by atomic mass is 9.84. The Bertz CT molecular complexity index is 2740. The zero-order valence-corrected chi connectivity index (χ0v) is 33.4. The number of benzene rings is 5. The molecule has 18 heteroatoms. The van der Waals surface area contributed by atoms with Gasteiger partial charge in [0.25, 0.3) is 31.9 Å². The van der Waals surface area contributed by atoms with Crippen LogP contribution in [0.25, 0.3) is 21.8 Å². The van der Waals surface area contributed by atoms with Gasteiger partial charge < -0.3 is 9.97 Å². The summed E-state index contributed by atoms with van der Waals surface area (Å²) < 4.78 is 51.7. The minimum atomic E-state index is -4.24. The van der Waals surface area contributed by atoms with Crippen molar-refractivity contribution in [3.05, 3.63) is 163 Å². The number of fused-ring (bicyclic) bond motifs is 2. The van der Waals surface area contributed by atoms with E-state index in [2.05, 4.69) is 30.5 Å². The number of amides is 2. The van der Waals surface area contributed by atoms with Gasteiger partial charge >= 0.3 is 0 Å². The number of carbonyl (C=O) groups excluding carboxylic acids is 2. The fourth-order valence-electron chi connectivity index (χ4n) is 6.20. The molecular weight excluding hydrogens is 842 g/mol. The number of hydrogen-bond donors (Lipinski definition) is 6. The Labute approximate surface area is 340 Å². The first-order valence-corrected chi connectivity index (χ1v) is 20.9. The van der Waals surface area contributed by atoms with E-state index < -0.39 is 37.8 Å². The number of rotatable bonds is 11. The van der Waals surface area contributed by atoms with Crippen molar-refractivity contribution in [2.75, 3.05) is 0 Å². The zero-order valence-electron chi connectivity index (χ0n) is 28.7. The van der Waals surface area contributed by atoms with E-state index in [1.165, 1.54) is 36.4 Å². The molecule has 2 aromatic heterocycles. The average Bonchev–Trinajstić information content (AvgIpc) is 3.77. The molecule has 0 saturated carbocycles. The first-order valence-electron chi connectivity index (χ1n) is 16.4. The van der Waals surface area contributed by atoms with Gasteiger partial charge in [-0.25, -0.2) is 16.8 Å². The number of aromatic nitrogens is 2. The Kier molecular flexibility index (Phi) is 10.9. The van der Waals surface area contributed by atoms with E-state index in [-0.39, 0.29) is 41.0 Å². The lowest BCUT2D eigenvalue weighted by molar-refractivity contribution is 0.0937. The average molecular weight is 871 g/mol. The largest absolute Gasteiger partial charge is 0.361 e. The molecule has 0 atom stereocenters. The van der Waals surface area contributed by atoms with Gasteiger partial charge in [0.15, 0.2) is 0 Å². The van der Waals surface area contributed by atoms with Gasteiger partial charge in [-0.3, -0.25) is 20.4 Å². The number of aryl methyl sites for hydroxylation is 1. The maximum atomic E-state index is 13.3. The third-order valence-electron chi connectivity index (χ3n) is 8.95. The van der Waals surface area contributed by atoms with Gasteiger partial charge in [-0.1, -0.05) is 76.2 Å². The Morgan fingerprint density at radius 2 is 1.00 bits per heavy atom. The Balaban J connectivity index is 1.21. The SMILES string of the molecule is Cc1ccc(C(c2c[nH]c3ccc(C(=O)NNS(=O)(=O)c4ccc(Cl)cc4Cl)cc23)c2c[nH]c3ccc(C(=O)NNS(=O)(=O)c4ccc(Cl)cc4Cl)cc23)cc1. The van der Waals surface area contributed by atoms with Gasteiger partial charge in [-0.2, -0.15) is 0 Å². The highest BCUT2D eigenvalue weighted by Crippen LogP contribution is 2.40. The van der Waals surface area contributed by atoms with Gasteiger partial charge in [0.2, 0.25) is 0 Å². The van der Waals surface area contributed by atoms with Crippen LogP contribution in [0.2, 0.25) is 20.1 Å². The van der Waals surface area contributed by atoms with E-state index in [4.69, 9.17) is 46.4 Å². The first-order chi connectivity index (χ1) is 26.6. The van der Waals surface area contributed by atoms with Crippen LogP contribution in [0.1, 0.15) is 48.9 Å². The molecular formula is C38H28Cl4N6O6S2. The van der Waals surface area contributed by atoms with Crippen LogP contribution in [0.4, 0.5) is 0 Å². The maximum absolute atomic E-state index is 13.3. The number of halogens is 4. The molecule has 56 heavy (non-hydrogen) atoms. The third-order valence-corrected chi connectivity index (χ3v) is 12.9. The van der Waals surface area contributed by atoms with E-state index in [1.54, 1.807) is 36.4 Å². The van der Waals surface area contributed by atoms with Crippen molar-refractivity contribution < 1.29 is 26.4 Å². The number of aromatic amines is 2. The maximum Gasteiger partial charge on any atom is 0.266 e. The first kappa shape index (κ1) is 39.3. The van der Waals surface area contributed by atoms with Crippen molar-refractivity contribution in [1.29, 1.82) is 0 Å². The molecule has 0 aliphatic carbocycles. The summed E-state index contributed by atoms with van der Waals surface area (Å²) in [5.74, 6) is -1.90. The molecule has 0 saturated heterocycles. The molecule has 0 bridgehead atoms. The van der Waals surface area contributed by atoms with Crippen molar-refractivity contribution in [1.82, 2.24) is 30.5 Å². The van der Waals surface area contributed by atoms with E-state index >= 15 is 0 Å². The zero-order chi connectivity index (χ0) is 39.9. The quantitative estimate of drug-likeness (QED) is 0.0717. The lowest BCUT2D eigenvalue weighted by Crippen LogP contribution is -2.41. The van der Waals surface area contributed by atoms with Crippen molar-refractivity contribution in [2.45, 2.75) is 22.6 Å². The molecule has 0 aliphatic heterocycles. The van der Waals surface area contributed by atoms with Crippen LogP contribution >= 0.6 is 46.4 Å². The predicted molar refractivity (Wildman–Crippen MR) is 217 cm³/mol. The molecule has 0 spiro atoms. The van der Waals surface area contributed by atoms with Gasteiger partial charge in [0.05, 0.1) is 10.0 Å². The molecule has 2 heterocycles. The minimum absolute atomic E-state index is 0.117.